The van der Waals surface area contributed by atoms with E-state index in [2.05, 4.69) is 0 Å². The van der Waals surface area contributed by atoms with Crippen LogP contribution in [0.3, 0.4) is 0 Å². The van der Waals surface area contributed by atoms with Gasteiger partial charge in [0, 0.05) is 24.0 Å². The summed E-state index contributed by atoms with van der Waals surface area (Å²) in [6, 6.07) is 7.99. The number of carbonyl (C=O) groups is 1. The van der Waals surface area contributed by atoms with Crippen LogP contribution < -0.4 is 10.5 Å². The van der Waals surface area contributed by atoms with E-state index in [0.29, 0.717) is 18.9 Å². The van der Waals surface area contributed by atoms with Gasteiger partial charge in [0.15, 0.2) is 0 Å². The monoisotopic (exact) mass is 280 g/mol. The van der Waals surface area contributed by atoms with Crippen molar-refractivity contribution >= 4 is 17.7 Å². The number of ether oxygens (including phenoxy) is 1. The van der Waals surface area contributed by atoms with Crippen LogP contribution in [0.15, 0.2) is 29.2 Å². The zero-order valence-electron chi connectivity index (χ0n) is 11.2. The maximum Gasteiger partial charge on any atom is 0.232 e. The van der Waals surface area contributed by atoms with Crippen LogP contribution >= 0.6 is 11.8 Å². The summed E-state index contributed by atoms with van der Waals surface area (Å²) in [5.41, 5.74) is 5.80. The summed E-state index contributed by atoms with van der Waals surface area (Å²) in [6.07, 6.45) is 0.916. The van der Waals surface area contributed by atoms with E-state index in [9.17, 15) is 4.79 Å². The molecule has 5 heteroatoms. The predicted octanol–water partition coefficient (Wildman–Crippen LogP) is 1.74. The van der Waals surface area contributed by atoms with Gasteiger partial charge >= 0.3 is 0 Å². The number of thioether (sulfide) groups is 1. The van der Waals surface area contributed by atoms with E-state index in [1.165, 1.54) is 0 Å². The van der Waals surface area contributed by atoms with Crippen molar-refractivity contribution in [3.8, 4) is 5.75 Å². The van der Waals surface area contributed by atoms with Crippen LogP contribution in [-0.4, -0.2) is 42.3 Å². The second kappa shape index (κ2) is 6.82. The number of hydrogen-bond donors (Lipinski definition) is 1. The van der Waals surface area contributed by atoms with Crippen LogP contribution in [0.1, 0.15) is 13.3 Å². The quantitative estimate of drug-likeness (QED) is 0.835. The van der Waals surface area contributed by atoms with Crippen LogP contribution in [0.25, 0.3) is 0 Å². The highest BCUT2D eigenvalue weighted by Gasteiger charge is 2.23. The van der Waals surface area contributed by atoms with Crippen LogP contribution in [0, 0.1) is 0 Å². The molecule has 0 aromatic heterocycles. The SMILES string of the molecule is CCOc1ccc(SCC(=O)N2CC[C@@H](N)C2)cc1. The fourth-order valence-corrected chi connectivity index (χ4v) is 2.85. The molecule has 1 amide bonds. The molecule has 1 aliphatic heterocycles. The Kier molecular flexibility index (Phi) is 5.10. The summed E-state index contributed by atoms with van der Waals surface area (Å²) in [6.45, 7) is 4.12. The maximum atomic E-state index is 12.0. The number of nitrogens with zero attached hydrogens (tertiary/aromatic N) is 1. The minimum atomic E-state index is 0.152. The van der Waals surface area contributed by atoms with E-state index in [4.69, 9.17) is 10.5 Å². The molecule has 1 aromatic carbocycles. The van der Waals surface area contributed by atoms with Gasteiger partial charge in [0.05, 0.1) is 12.4 Å². The number of hydrogen-bond acceptors (Lipinski definition) is 4. The number of benzene rings is 1. The van der Waals surface area contributed by atoms with E-state index < -0.39 is 0 Å². The Balaban J connectivity index is 1.80. The van der Waals surface area contributed by atoms with Crippen molar-refractivity contribution in [1.82, 2.24) is 4.90 Å². The molecule has 0 unspecified atom stereocenters. The van der Waals surface area contributed by atoms with Crippen molar-refractivity contribution in [2.75, 3.05) is 25.4 Å². The summed E-state index contributed by atoms with van der Waals surface area (Å²) in [7, 11) is 0. The molecule has 2 N–H and O–H groups in total. The first kappa shape index (κ1) is 14.2. The first-order valence-corrected chi connectivity index (χ1v) is 7.56. The first-order chi connectivity index (χ1) is 9.19. The zero-order chi connectivity index (χ0) is 13.7. The van der Waals surface area contributed by atoms with E-state index in [-0.39, 0.29) is 11.9 Å². The molecule has 0 aliphatic carbocycles. The lowest BCUT2D eigenvalue weighted by Crippen LogP contribution is -2.33. The predicted molar refractivity (Wildman–Crippen MR) is 77.5 cm³/mol. The van der Waals surface area contributed by atoms with Crippen molar-refractivity contribution < 1.29 is 9.53 Å². The first-order valence-electron chi connectivity index (χ1n) is 6.58. The Hall–Kier alpha value is -1.20. The van der Waals surface area contributed by atoms with Gasteiger partial charge in [-0.1, -0.05) is 0 Å². The van der Waals surface area contributed by atoms with Gasteiger partial charge in [-0.05, 0) is 37.6 Å². The maximum absolute atomic E-state index is 12.0. The second-order valence-electron chi connectivity index (χ2n) is 4.58. The van der Waals surface area contributed by atoms with Crippen LogP contribution in [0.2, 0.25) is 0 Å². The summed E-state index contributed by atoms with van der Waals surface area (Å²) >= 11 is 1.56. The Morgan fingerprint density at radius 3 is 2.79 bits per heavy atom. The molecule has 0 radical (unpaired) electrons. The van der Waals surface area contributed by atoms with E-state index >= 15 is 0 Å². The Morgan fingerprint density at radius 2 is 2.21 bits per heavy atom. The van der Waals surface area contributed by atoms with Gasteiger partial charge in [0.2, 0.25) is 5.91 Å². The molecule has 0 bridgehead atoms. The highest BCUT2D eigenvalue weighted by Crippen LogP contribution is 2.22. The van der Waals surface area contributed by atoms with Crippen molar-refractivity contribution in [3.05, 3.63) is 24.3 Å². The van der Waals surface area contributed by atoms with Crippen molar-refractivity contribution in [1.29, 1.82) is 0 Å². The molecule has 1 saturated heterocycles. The molecule has 4 nitrogen and oxygen atoms in total. The molecule has 1 fully saturated rings. The smallest absolute Gasteiger partial charge is 0.232 e. The zero-order valence-corrected chi connectivity index (χ0v) is 12.0. The van der Waals surface area contributed by atoms with Gasteiger partial charge in [-0.15, -0.1) is 11.8 Å². The van der Waals surface area contributed by atoms with Gasteiger partial charge in [-0.2, -0.15) is 0 Å². The summed E-state index contributed by atoms with van der Waals surface area (Å²) < 4.78 is 5.38. The van der Waals surface area contributed by atoms with Gasteiger partial charge in [-0.3, -0.25) is 4.79 Å². The molecular formula is C14H20N2O2S. The van der Waals surface area contributed by atoms with E-state index in [0.717, 1.165) is 23.6 Å². The van der Waals surface area contributed by atoms with Crippen molar-refractivity contribution in [2.45, 2.75) is 24.3 Å². The summed E-state index contributed by atoms with van der Waals surface area (Å²) in [5, 5.41) is 0. The largest absolute Gasteiger partial charge is 0.494 e. The van der Waals surface area contributed by atoms with Crippen LogP contribution in [0.4, 0.5) is 0 Å². The lowest BCUT2D eigenvalue weighted by molar-refractivity contribution is -0.127. The van der Waals surface area contributed by atoms with E-state index in [1.54, 1.807) is 11.8 Å². The van der Waals surface area contributed by atoms with Gasteiger partial charge in [-0.25, -0.2) is 0 Å². The minimum Gasteiger partial charge on any atom is -0.494 e. The van der Waals surface area contributed by atoms with Gasteiger partial charge in [0.25, 0.3) is 0 Å². The fraction of sp³-hybridized carbons (Fsp3) is 0.500. The molecular weight excluding hydrogens is 260 g/mol. The number of carbonyl (C=O) groups excluding carboxylic acids is 1. The number of rotatable bonds is 5. The number of nitrogens with two attached hydrogens (primary N) is 1. The van der Waals surface area contributed by atoms with Crippen molar-refractivity contribution in [2.24, 2.45) is 5.73 Å². The normalized spacial score (nSPS) is 18.6. The lowest BCUT2D eigenvalue weighted by Gasteiger charge is -2.15. The average Bonchev–Trinajstić information content (AvgIpc) is 2.85. The summed E-state index contributed by atoms with van der Waals surface area (Å²) in [5.74, 6) is 1.51. The summed E-state index contributed by atoms with van der Waals surface area (Å²) in [4.78, 5) is 14.9. The molecule has 1 heterocycles. The Bertz CT molecular complexity index is 422. The molecule has 1 aliphatic rings. The average molecular weight is 280 g/mol. The molecule has 19 heavy (non-hydrogen) atoms. The van der Waals surface area contributed by atoms with Gasteiger partial charge in [0.1, 0.15) is 5.75 Å². The number of likely N-dealkylation sites (tertiary alicyclic amines) is 1. The fourth-order valence-electron chi connectivity index (χ4n) is 2.05. The molecule has 2 rings (SSSR count). The highest BCUT2D eigenvalue weighted by molar-refractivity contribution is 8.00. The molecule has 0 spiro atoms. The minimum absolute atomic E-state index is 0.152. The highest BCUT2D eigenvalue weighted by atomic mass is 32.2. The molecule has 1 aromatic rings. The van der Waals surface area contributed by atoms with Crippen LogP contribution in [-0.2, 0) is 4.79 Å². The number of amides is 1. The topological polar surface area (TPSA) is 55.6 Å². The Labute approximate surface area is 118 Å². The molecule has 104 valence electrons. The lowest BCUT2D eigenvalue weighted by atomic mass is 10.3. The third kappa shape index (κ3) is 4.14. The third-order valence-corrected chi connectivity index (χ3v) is 4.07. The standard InChI is InChI=1S/C14H20N2O2S/c1-2-18-12-3-5-13(6-4-12)19-10-14(17)16-8-7-11(15)9-16/h3-6,11H,2,7-10,15H2,1H3/t11-/m1/s1. The molecule has 0 saturated carbocycles. The Morgan fingerprint density at radius 1 is 1.47 bits per heavy atom. The molecule has 1 atom stereocenters. The van der Waals surface area contributed by atoms with Gasteiger partial charge < -0.3 is 15.4 Å². The van der Waals surface area contributed by atoms with Crippen molar-refractivity contribution in [3.63, 3.8) is 0 Å². The van der Waals surface area contributed by atoms with Crippen LogP contribution in [0.5, 0.6) is 5.75 Å². The van der Waals surface area contributed by atoms with E-state index in [1.807, 2.05) is 36.1 Å². The third-order valence-electron chi connectivity index (χ3n) is 3.07. The second-order valence-corrected chi connectivity index (χ2v) is 5.63.